The number of benzene rings is 1. The van der Waals surface area contributed by atoms with E-state index in [0.717, 1.165) is 32.7 Å². The van der Waals surface area contributed by atoms with Crippen molar-refractivity contribution in [2.24, 2.45) is 11.1 Å². The van der Waals surface area contributed by atoms with Gasteiger partial charge in [0.1, 0.15) is 0 Å². The van der Waals surface area contributed by atoms with E-state index in [4.69, 9.17) is 5.73 Å². The van der Waals surface area contributed by atoms with Crippen LogP contribution in [0.2, 0.25) is 0 Å². The number of hydrogen-bond donors (Lipinski definition) is 2. The van der Waals surface area contributed by atoms with Crippen LogP contribution in [-0.4, -0.2) is 37.6 Å². The molecule has 1 unspecified atom stereocenters. The third-order valence-corrected chi connectivity index (χ3v) is 4.08. The Bertz CT molecular complexity index is 408. The van der Waals surface area contributed by atoms with Crippen molar-refractivity contribution in [3.63, 3.8) is 0 Å². The summed E-state index contributed by atoms with van der Waals surface area (Å²) in [5.41, 5.74) is 9.14. The van der Waals surface area contributed by atoms with Crippen molar-refractivity contribution in [2.75, 3.05) is 32.7 Å². The van der Waals surface area contributed by atoms with Crippen LogP contribution >= 0.6 is 0 Å². The summed E-state index contributed by atoms with van der Waals surface area (Å²) in [4.78, 5) is 2.52. The van der Waals surface area contributed by atoms with Crippen molar-refractivity contribution >= 4 is 0 Å². The van der Waals surface area contributed by atoms with Gasteiger partial charge in [0.2, 0.25) is 0 Å². The van der Waals surface area contributed by atoms with Gasteiger partial charge in [-0.3, -0.25) is 0 Å². The Morgan fingerprint density at radius 3 is 2.63 bits per heavy atom. The van der Waals surface area contributed by atoms with Crippen molar-refractivity contribution in [3.8, 4) is 0 Å². The van der Waals surface area contributed by atoms with Crippen molar-refractivity contribution in [2.45, 2.75) is 26.8 Å². The van der Waals surface area contributed by atoms with Gasteiger partial charge in [-0.05, 0) is 17.9 Å². The van der Waals surface area contributed by atoms with Gasteiger partial charge in [0.25, 0.3) is 0 Å². The van der Waals surface area contributed by atoms with Gasteiger partial charge in [0.15, 0.2) is 0 Å². The topological polar surface area (TPSA) is 41.3 Å². The van der Waals surface area contributed by atoms with Crippen LogP contribution in [0.1, 0.15) is 31.0 Å². The first-order valence-electron chi connectivity index (χ1n) is 7.24. The molecule has 2 rings (SSSR count). The molecule has 1 aliphatic heterocycles. The molecule has 0 spiro atoms. The number of piperazine rings is 1. The van der Waals surface area contributed by atoms with Crippen LogP contribution in [0.5, 0.6) is 0 Å². The highest BCUT2D eigenvalue weighted by molar-refractivity contribution is 5.26. The molecular weight excluding hydrogens is 234 g/mol. The van der Waals surface area contributed by atoms with Crippen LogP contribution in [0.4, 0.5) is 0 Å². The van der Waals surface area contributed by atoms with Gasteiger partial charge >= 0.3 is 0 Å². The number of rotatable bonds is 4. The molecule has 3 nitrogen and oxygen atoms in total. The maximum atomic E-state index is 6.52. The zero-order valence-electron chi connectivity index (χ0n) is 12.4. The second-order valence-electron chi connectivity index (χ2n) is 6.41. The lowest BCUT2D eigenvalue weighted by Crippen LogP contribution is -2.49. The Morgan fingerprint density at radius 1 is 1.32 bits per heavy atom. The largest absolute Gasteiger partial charge is 0.323 e. The molecule has 1 aromatic rings. The highest BCUT2D eigenvalue weighted by Gasteiger charge is 2.30. The zero-order valence-corrected chi connectivity index (χ0v) is 12.4. The number of hydrogen-bond acceptors (Lipinski definition) is 3. The summed E-state index contributed by atoms with van der Waals surface area (Å²) in [6.45, 7) is 12.2. The van der Waals surface area contributed by atoms with Crippen LogP contribution in [0.15, 0.2) is 24.3 Å². The highest BCUT2D eigenvalue weighted by Crippen LogP contribution is 2.32. The Kier molecular flexibility index (Phi) is 4.61. The quantitative estimate of drug-likeness (QED) is 0.870. The molecule has 19 heavy (non-hydrogen) atoms. The summed E-state index contributed by atoms with van der Waals surface area (Å²) in [6, 6.07) is 8.68. The standard InChI is InChI=1S/C16H27N3/c1-13-5-4-6-14(11-13)15(17)16(2,3)12-19-9-7-18-8-10-19/h4-6,11,15,18H,7-10,12,17H2,1-3H3. The molecule has 0 saturated carbocycles. The van der Waals surface area contributed by atoms with Crippen molar-refractivity contribution in [1.82, 2.24) is 10.2 Å². The molecule has 1 aliphatic rings. The number of nitrogens with zero attached hydrogens (tertiary/aromatic N) is 1. The van der Waals surface area contributed by atoms with Crippen molar-refractivity contribution < 1.29 is 0 Å². The highest BCUT2D eigenvalue weighted by atomic mass is 15.2. The van der Waals surface area contributed by atoms with E-state index in [2.05, 4.69) is 55.3 Å². The number of aryl methyl sites for hydroxylation is 1. The van der Waals surface area contributed by atoms with Gasteiger partial charge in [0, 0.05) is 38.8 Å². The fourth-order valence-electron chi connectivity index (χ4n) is 2.86. The maximum Gasteiger partial charge on any atom is 0.0359 e. The van der Waals surface area contributed by atoms with Crippen LogP contribution < -0.4 is 11.1 Å². The lowest BCUT2D eigenvalue weighted by Gasteiger charge is -2.39. The van der Waals surface area contributed by atoms with Gasteiger partial charge < -0.3 is 16.0 Å². The molecule has 1 saturated heterocycles. The van der Waals surface area contributed by atoms with Gasteiger partial charge in [-0.25, -0.2) is 0 Å². The van der Waals surface area contributed by atoms with Crippen molar-refractivity contribution in [1.29, 1.82) is 0 Å². The van der Waals surface area contributed by atoms with Crippen molar-refractivity contribution in [3.05, 3.63) is 35.4 Å². The third-order valence-electron chi connectivity index (χ3n) is 4.08. The van der Waals surface area contributed by atoms with Gasteiger partial charge in [0.05, 0.1) is 0 Å². The van der Waals surface area contributed by atoms with E-state index in [1.165, 1.54) is 11.1 Å². The van der Waals surface area contributed by atoms with E-state index >= 15 is 0 Å². The predicted molar refractivity (Wildman–Crippen MR) is 81.2 cm³/mol. The lowest BCUT2D eigenvalue weighted by molar-refractivity contribution is 0.139. The van der Waals surface area contributed by atoms with Crippen LogP contribution in [0, 0.1) is 12.3 Å². The van der Waals surface area contributed by atoms with E-state index in [0.29, 0.717) is 0 Å². The summed E-state index contributed by atoms with van der Waals surface area (Å²) in [5, 5.41) is 3.40. The summed E-state index contributed by atoms with van der Waals surface area (Å²) >= 11 is 0. The van der Waals surface area contributed by atoms with Crippen LogP contribution in [-0.2, 0) is 0 Å². The summed E-state index contributed by atoms with van der Waals surface area (Å²) in [7, 11) is 0. The molecule has 1 heterocycles. The monoisotopic (exact) mass is 261 g/mol. The fourth-order valence-corrected chi connectivity index (χ4v) is 2.86. The van der Waals surface area contributed by atoms with E-state index < -0.39 is 0 Å². The molecule has 0 aromatic heterocycles. The first kappa shape index (κ1) is 14.5. The van der Waals surface area contributed by atoms with E-state index in [1.54, 1.807) is 0 Å². The summed E-state index contributed by atoms with van der Waals surface area (Å²) in [6.07, 6.45) is 0. The maximum absolute atomic E-state index is 6.52. The second-order valence-corrected chi connectivity index (χ2v) is 6.41. The first-order chi connectivity index (χ1) is 8.99. The minimum atomic E-state index is 0.0854. The lowest BCUT2D eigenvalue weighted by atomic mass is 9.80. The molecule has 3 heteroatoms. The zero-order chi connectivity index (χ0) is 13.9. The van der Waals surface area contributed by atoms with E-state index in [1.807, 2.05) is 0 Å². The molecule has 0 amide bonds. The minimum Gasteiger partial charge on any atom is -0.323 e. The van der Waals surface area contributed by atoms with E-state index in [9.17, 15) is 0 Å². The van der Waals surface area contributed by atoms with Gasteiger partial charge in [-0.15, -0.1) is 0 Å². The Labute approximate surface area is 117 Å². The average molecular weight is 261 g/mol. The molecule has 1 atom stereocenters. The third kappa shape index (κ3) is 3.78. The molecule has 1 fully saturated rings. The molecule has 3 N–H and O–H groups in total. The van der Waals surface area contributed by atoms with Gasteiger partial charge in [-0.2, -0.15) is 0 Å². The first-order valence-corrected chi connectivity index (χ1v) is 7.24. The number of nitrogens with two attached hydrogens (primary N) is 1. The normalized spacial score (nSPS) is 19.4. The molecular formula is C16H27N3. The van der Waals surface area contributed by atoms with Crippen LogP contribution in [0.3, 0.4) is 0 Å². The van der Waals surface area contributed by atoms with E-state index in [-0.39, 0.29) is 11.5 Å². The Morgan fingerprint density at radius 2 is 2.00 bits per heavy atom. The molecule has 106 valence electrons. The Balaban J connectivity index is 2.05. The second kappa shape index (κ2) is 6.04. The SMILES string of the molecule is Cc1cccc(C(N)C(C)(C)CN2CCNCC2)c1. The summed E-state index contributed by atoms with van der Waals surface area (Å²) in [5.74, 6) is 0. The Hall–Kier alpha value is -0.900. The molecule has 0 aliphatic carbocycles. The molecule has 0 bridgehead atoms. The van der Waals surface area contributed by atoms with Gasteiger partial charge in [-0.1, -0.05) is 43.7 Å². The molecule has 0 radical (unpaired) electrons. The summed E-state index contributed by atoms with van der Waals surface area (Å²) < 4.78 is 0. The smallest absolute Gasteiger partial charge is 0.0359 e. The average Bonchev–Trinajstić information content (AvgIpc) is 2.38. The fraction of sp³-hybridized carbons (Fsp3) is 0.625. The molecule has 1 aromatic carbocycles. The number of nitrogens with one attached hydrogen (secondary N) is 1. The minimum absolute atomic E-state index is 0.0854. The van der Waals surface area contributed by atoms with Crippen LogP contribution in [0.25, 0.3) is 0 Å². The predicted octanol–water partition coefficient (Wildman–Crippen LogP) is 1.93.